The maximum absolute atomic E-state index is 13.6. The maximum Gasteiger partial charge on any atom is 0.433 e. The van der Waals surface area contributed by atoms with E-state index in [1.165, 1.54) is 48.9 Å². The van der Waals surface area contributed by atoms with E-state index < -0.39 is 84.3 Å². The number of hydrogen-bond acceptors (Lipinski definition) is 15. The zero-order valence-electron chi connectivity index (χ0n) is 25.3. The summed E-state index contributed by atoms with van der Waals surface area (Å²) in [5, 5.41) is 23.9. The number of phenols is 1. The Morgan fingerprint density at radius 3 is 2.19 bits per heavy atom. The highest BCUT2D eigenvalue weighted by Gasteiger charge is 2.33. The van der Waals surface area contributed by atoms with E-state index in [0.717, 1.165) is 18.6 Å². The SMILES string of the molecule is COc1cc2c(cc1O)C=C(C(=O)OCCS(C)(=O)=O)C(C(=O)OCCS(C)(=O)=O)=CN(Cc1ccc([N+](=O)[O-])o1)C2c1cccs1. The molecule has 1 aliphatic heterocycles. The van der Waals surface area contributed by atoms with E-state index in [1.807, 2.05) is 0 Å². The Bertz CT molecular complexity index is 1940. The van der Waals surface area contributed by atoms with Crippen LogP contribution in [0.4, 0.5) is 5.88 Å². The van der Waals surface area contributed by atoms with Crippen LogP contribution in [0.3, 0.4) is 0 Å². The molecule has 47 heavy (non-hydrogen) atoms. The van der Waals surface area contributed by atoms with Crippen LogP contribution in [0, 0.1) is 10.1 Å². The molecule has 0 radical (unpaired) electrons. The predicted octanol–water partition coefficient (Wildman–Crippen LogP) is 3.01. The van der Waals surface area contributed by atoms with E-state index in [4.69, 9.17) is 18.6 Å². The minimum absolute atomic E-state index is 0.0783. The largest absolute Gasteiger partial charge is 0.504 e. The van der Waals surface area contributed by atoms with Gasteiger partial charge in [-0.15, -0.1) is 11.3 Å². The summed E-state index contributed by atoms with van der Waals surface area (Å²) in [5.41, 5.74) is -0.132. The van der Waals surface area contributed by atoms with Crippen LogP contribution < -0.4 is 4.74 Å². The van der Waals surface area contributed by atoms with Crippen molar-refractivity contribution >= 4 is 54.9 Å². The van der Waals surface area contributed by atoms with Crippen LogP contribution in [0.15, 0.2) is 63.5 Å². The molecule has 1 atom stereocenters. The van der Waals surface area contributed by atoms with Gasteiger partial charge in [0.2, 0.25) is 0 Å². The average molecular weight is 711 g/mol. The van der Waals surface area contributed by atoms with Gasteiger partial charge in [-0.3, -0.25) is 10.1 Å². The number of thiophene rings is 1. The molecule has 0 fully saturated rings. The molecule has 2 aromatic heterocycles. The molecule has 0 bridgehead atoms. The van der Waals surface area contributed by atoms with Crippen molar-refractivity contribution in [2.45, 2.75) is 12.6 Å². The smallest absolute Gasteiger partial charge is 0.433 e. The number of furan rings is 1. The van der Waals surface area contributed by atoms with Crippen LogP contribution in [0.25, 0.3) is 6.08 Å². The minimum Gasteiger partial charge on any atom is -0.504 e. The normalized spacial score (nSPS) is 15.0. The van der Waals surface area contributed by atoms with Gasteiger partial charge in [0.1, 0.15) is 23.9 Å². The molecule has 3 heterocycles. The highest BCUT2D eigenvalue weighted by molar-refractivity contribution is 7.90. The molecule has 4 rings (SSSR count). The van der Waals surface area contributed by atoms with E-state index in [9.17, 15) is 41.6 Å². The van der Waals surface area contributed by atoms with Gasteiger partial charge in [0.25, 0.3) is 0 Å². The molecule has 18 heteroatoms. The van der Waals surface area contributed by atoms with Crippen LogP contribution in [-0.4, -0.2) is 88.0 Å². The number of carbonyl (C=O) groups is 2. The molecule has 252 valence electrons. The third kappa shape index (κ3) is 9.20. The molecular weight excluding hydrogens is 681 g/mol. The zero-order valence-corrected chi connectivity index (χ0v) is 27.7. The molecule has 1 aromatic carbocycles. The highest BCUT2D eigenvalue weighted by Crippen LogP contribution is 2.43. The highest BCUT2D eigenvalue weighted by atomic mass is 32.2. The molecule has 3 aromatic rings. The topological polar surface area (TPSA) is 210 Å². The van der Waals surface area contributed by atoms with Gasteiger partial charge >= 0.3 is 17.8 Å². The number of benzene rings is 1. The van der Waals surface area contributed by atoms with E-state index in [0.29, 0.717) is 10.4 Å². The van der Waals surface area contributed by atoms with Crippen molar-refractivity contribution in [2.75, 3.05) is 44.3 Å². The molecule has 1 unspecified atom stereocenters. The first kappa shape index (κ1) is 35.2. The van der Waals surface area contributed by atoms with Gasteiger partial charge in [-0.1, -0.05) is 6.07 Å². The number of methoxy groups -OCH3 is 1. The summed E-state index contributed by atoms with van der Waals surface area (Å²) in [7, 11) is -5.73. The van der Waals surface area contributed by atoms with Gasteiger partial charge in [-0.25, -0.2) is 26.4 Å². The lowest BCUT2D eigenvalue weighted by molar-refractivity contribution is -0.402. The average Bonchev–Trinajstić information content (AvgIpc) is 3.66. The molecule has 0 amide bonds. The number of aromatic hydroxyl groups is 1. The Morgan fingerprint density at radius 2 is 1.66 bits per heavy atom. The Balaban J connectivity index is 1.96. The first-order chi connectivity index (χ1) is 22.1. The Morgan fingerprint density at radius 1 is 1.02 bits per heavy atom. The number of sulfone groups is 2. The van der Waals surface area contributed by atoms with Gasteiger partial charge in [-0.2, -0.15) is 0 Å². The van der Waals surface area contributed by atoms with Crippen molar-refractivity contribution in [3.8, 4) is 11.5 Å². The van der Waals surface area contributed by atoms with Gasteiger partial charge in [0.15, 0.2) is 31.2 Å². The molecular formula is C29H30N2O13S3. The number of carbonyl (C=O) groups excluding carboxylic acids is 2. The zero-order chi connectivity index (χ0) is 34.5. The second kappa shape index (κ2) is 14.4. The number of ether oxygens (including phenoxy) is 3. The van der Waals surface area contributed by atoms with Crippen LogP contribution >= 0.6 is 11.3 Å². The maximum atomic E-state index is 13.6. The number of rotatable bonds is 13. The Labute approximate surface area is 273 Å². The molecule has 0 saturated heterocycles. The van der Waals surface area contributed by atoms with E-state index >= 15 is 0 Å². The molecule has 0 aliphatic carbocycles. The van der Waals surface area contributed by atoms with E-state index in [2.05, 4.69) is 0 Å². The van der Waals surface area contributed by atoms with Gasteiger partial charge < -0.3 is 28.6 Å². The number of nitrogens with zero attached hydrogens (tertiary/aromatic N) is 2. The molecule has 1 N–H and O–H groups in total. The molecule has 0 spiro atoms. The summed E-state index contributed by atoms with van der Waals surface area (Å²) in [6, 6.07) is 8.14. The Hall–Kier alpha value is -4.68. The second-order valence-electron chi connectivity index (χ2n) is 10.4. The lowest BCUT2D eigenvalue weighted by Gasteiger charge is -2.33. The van der Waals surface area contributed by atoms with Gasteiger partial charge in [0, 0.05) is 23.6 Å². The minimum atomic E-state index is -3.54. The van der Waals surface area contributed by atoms with Crippen LogP contribution in [0.1, 0.15) is 27.8 Å². The fraction of sp³-hybridized carbons (Fsp3) is 0.310. The van der Waals surface area contributed by atoms with Crippen molar-refractivity contribution in [2.24, 2.45) is 0 Å². The number of phenolic OH excluding ortho intramolecular Hbond substituents is 1. The standard InChI is InChI=1S/C29H30N2O13S3/c1-41-24-15-20-18(14-23(24)32)13-21(28(33)42-8-11-46(2,37)38)22(29(34)43-9-12-47(3,39)40)17-30(27(20)25-5-4-10-45-25)16-19-6-7-26(44-19)31(35)36/h4-7,10,13-15,17,27,32H,8-9,11-12,16H2,1-3H3. The lowest BCUT2D eigenvalue weighted by Crippen LogP contribution is -2.29. The number of hydrogen-bond donors (Lipinski definition) is 1. The van der Waals surface area contributed by atoms with E-state index in [1.54, 1.807) is 22.4 Å². The number of fused-ring (bicyclic) bond motifs is 1. The first-order valence-electron chi connectivity index (χ1n) is 13.6. The fourth-order valence-electron chi connectivity index (χ4n) is 4.54. The number of esters is 2. The predicted molar refractivity (Wildman–Crippen MR) is 169 cm³/mol. The first-order valence-corrected chi connectivity index (χ1v) is 18.6. The summed E-state index contributed by atoms with van der Waals surface area (Å²) in [4.78, 5) is 40.1. The van der Waals surface area contributed by atoms with Crippen molar-refractivity contribution in [3.05, 3.63) is 91.0 Å². The van der Waals surface area contributed by atoms with Gasteiger partial charge in [0.05, 0.1) is 48.4 Å². The summed E-state index contributed by atoms with van der Waals surface area (Å²) in [5.74, 6) is -3.94. The molecule has 1 aliphatic rings. The third-order valence-electron chi connectivity index (χ3n) is 6.69. The van der Waals surface area contributed by atoms with Crippen LogP contribution in [0.5, 0.6) is 11.5 Å². The van der Waals surface area contributed by atoms with Gasteiger partial charge in [-0.05, 0) is 46.8 Å². The van der Waals surface area contributed by atoms with Crippen molar-refractivity contribution in [1.82, 2.24) is 4.90 Å². The molecule has 0 saturated carbocycles. The van der Waals surface area contributed by atoms with Crippen LogP contribution in [0.2, 0.25) is 0 Å². The summed E-state index contributed by atoms with van der Waals surface area (Å²) in [6.45, 7) is -1.31. The third-order valence-corrected chi connectivity index (χ3v) is 9.43. The monoisotopic (exact) mass is 710 g/mol. The lowest BCUT2D eigenvalue weighted by atomic mass is 9.91. The summed E-state index contributed by atoms with van der Waals surface area (Å²) >= 11 is 1.33. The Kier molecular flexibility index (Phi) is 10.8. The summed E-state index contributed by atoms with van der Waals surface area (Å²) < 4.78 is 68.1. The summed E-state index contributed by atoms with van der Waals surface area (Å²) in [6.07, 6.45) is 4.42. The second-order valence-corrected chi connectivity index (χ2v) is 15.9. The quantitative estimate of drug-likeness (QED) is 0.154. The molecule has 15 nitrogen and oxygen atoms in total. The fourth-order valence-corrected chi connectivity index (χ4v) is 6.17. The van der Waals surface area contributed by atoms with E-state index in [-0.39, 0.29) is 29.4 Å². The number of nitro groups is 1. The van der Waals surface area contributed by atoms with Crippen LogP contribution in [-0.2, 0) is 45.3 Å². The van der Waals surface area contributed by atoms with Crippen molar-refractivity contribution in [3.63, 3.8) is 0 Å². The van der Waals surface area contributed by atoms with Crippen molar-refractivity contribution in [1.29, 1.82) is 0 Å². The van der Waals surface area contributed by atoms with Crippen molar-refractivity contribution < 1.29 is 55.1 Å².